The van der Waals surface area contributed by atoms with E-state index in [1.54, 1.807) is 0 Å². The zero-order chi connectivity index (χ0) is 18.3. The number of furan rings is 1. The van der Waals surface area contributed by atoms with Crippen LogP contribution in [-0.4, -0.2) is 40.5 Å². The van der Waals surface area contributed by atoms with E-state index in [1.165, 1.54) is 0 Å². The first-order chi connectivity index (χ1) is 12.4. The number of amides is 1. The van der Waals surface area contributed by atoms with Crippen molar-refractivity contribution in [2.45, 2.75) is 53.1 Å². The Labute approximate surface area is 154 Å². The number of aromatic nitrogens is 1. The Kier molecular flexibility index (Phi) is 4.39. The summed E-state index contributed by atoms with van der Waals surface area (Å²) in [6.45, 7) is 10.2. The second-order valence-electron chi connectivity index (χ2n) is 8.02. The molecule has 0 aromatic carbocycles. The highest BCUT2D eigenvalue weighted by molar-refractivity contribution is 5.79. The molecular formula is C20H27N3O3. The minimum atomic E-state index is 0.131. The molecule has 26 heavy (non-hydrogen) atoms. The van der Waals surface area contributed by atoms with Crippen molar-refractivity contribution < 1.29 is 13.7 Å². The maximum absolute atomic E-state index is 12.6. The summed E-state index contributed by atoms with van der Waals surface area (Å²) in [5.41, 5.74) is 2.08. The van der Waals surface area contributed by atoms with E-state index in [9.17, 15) is 4.79 Å². The molecule has 0 saturated carbocycles. The summed E-state index contributed by atoms with van der Waals surface area (Å²) in [5.74, 6) is 3.07. The molecule has 1 amide bonds. The quantitative estimate of drug-likeness (QED) is 0.841. The van der Waals surface area contributed by atoms with Gasteiger partial charge in [-0.05, 0) is 64.3 Å². The highest BCUT2D eigenvalue weighted by Gasteiger charge is 2.45. The third-order valence-corrected chi connectivity index (χ3v) is 6.03. The van der Waals surface area contributed by atoms with E-state index in [2.05, 4.69) is 16.1 Å². The van der Waals surface area contributed by atoms with Crippen LogP contribution in [0.3, 0.4) is 0 Å². The van der Waals surface area contributed by atoms with Gasteiger partial charge in [0.15, 0.2) is 0 Å². The summed E-state index contributed by atoms with van der Waals surface area (Å²) in [7, 11) is 0. The highest BCUT2D eigenvalue weighted by Crippen LogP contribution is 2.42. The third-order valence-electron chi connectivity index (χ3n) is 6.03. The van der Waals surface area contributed by atoms with Gasteiger partial charge < -0.3 is 13.8 Å². The molecule has 140 valence electrons. The van der Waals surface area contributed by atoms with Crippen molar-refractivity contribution in [2.75, 3.05) is 19.6 Å². The smallest absolute Gasteiger partial charge is 0.223 e. The molecule has 0 unspecified atom stereocenters. The Morgan fingerprint density at radius 1 is 1.15 bits per heavy atom. The van der Waals surface area contributed by atoms with Gasteiger partial charge in [-0.1, -0.05) is 5.16 Å². The molecule has 2 aromatic heterocycles. The molecule has 1 spiro atoms. The van der Waals surface area contributed by atoms with Gasteiger partial charge in [-0.2, -0.15) is 0 Å². The van der Waals surface area contributed by atoms with Gasteiger partial charge in [-0.25, -0.2) is 0 Å². The fourth-order valence-corrected chi connectivity index (χ4v) is 4.35. The normalized spacial score (nSPS) is 20.4. The van der Waals surface area contributed by atoms with Gasteiger partial charge in [-0.15, -0.1) is 0 Å². The Balaban J connectivity index is 1.36. The largest absolute Gasteiger partial charge is 0.465 e. The van der Waals surface area contributed by atoms with Gasteiger partial charge in [0, 0.05) is 18.5 Å². The molecule has 0 aliphatic carbocycles. The van der Waals surface area contributed by atoms with Crippen molar-refractivity contribution in [3.8, 4) is 0 Å². The number of likely N-dealkylation sites (tertiary alicyclic amines) is 2. The highest BCUT2D eigenvalue weighted by atomic mass is 16.5. The number of nitrogens with zero attached hydrogens (tertiary/aromatic N) is 3. The summed E-state index contributed by atoms with van der Waals surface area (Å²) in [4.78, 5) is 17.1. The zero-order valence-electron chi connectivity index (χ0n) is 15.9. The van der Waals surface area contributed by atoms with Crippen molar-refractivity contribution in [3.63, 3.8) is 0 Å². The molecule has 4 heterocycles. The van der Waals surface area contributed by atoms with Crippen LogP contribution in [-0.2, 0) is 17.9 Å². The first-order valence-electron chi connectivity index (χ1n) is 9.41. The van der Waals surface area contributed by atoms with Crippen LogP contribution in [0.5, 0.6) is 0 Å². The number of rotatable bonds is 4. The molecular weight excluding hydrogens is 330 g/mol. The summed E-state index contributed by atoms with van der Waals surface area (Å²) in [6.07, 6.45) is 2.80. The van der Waals surface area contributed by atoms with Crippen LogP contribution >= 0.6 is 0 Å². The summed E-state index contributed by atoms with van der Waals surface area (Å²) < 4.78 is 10.9. The molecule has 2 aromatic rings. The first kappa shape index (κ1) is 17.3. The maximum atomic E-state index is 12.6. The molecule has 2 aliphatic rings. The minimum Gasteiger partial charge on any atom is -0.465 e. The topological polar surface area (TPSA) is 62.7 Å². The van der Waals surface area contributed by atoms with Gasteiger partial charge in [-0.3, -0.25) is 9.69 Å². The van der Waals surface area contributed by atoms with Crippen LogP contribution in [0, 0.1) is 26.2 Å². The van der Waals surface area contributed by atoms with Crippen LogP contribution in [0.2, 0.25) is 0 Å². The minimum absolute atomic E-state index is 0.131. The van der Waals surface area contributed by atoms with Gasteiger partial charge >= 0.3 is 0 Å². The number of carbonyl (C=O) groups excluding carboxylic acids is 1. The Morgan fingerprint density at radius 3 is 2.54 bits per heavy atom. The van der Waals surface area contributed by atoms with E-state index >= 15 is 0 Å². The van der Waals surface area contributed by atoms with E-state index < -0.39 is 0 Å². The van der Waals surface area contributed by atoms with E-state index in [0.717, 1.165) is 67.6 Å². The average molecular weight is 357 g/mol. The molecule has 4 rings (SSSR count). The number of piperidine rings is 1. The number of hydrogen-bond acceptors (Lipinski definition) is 5. The summed E-state index contributed by atoms with van der Waals surface area (Å²) >= 11 is 0. The summed E-state index contributed by atoms with van der Waals surface area (Å²) in [6, 6.07) is 4.08. The molecule has 0 N–H and O–H groups in total. The van der Waals surface area contributed by atoms with Crippen LogP contribution in [0.15, 0.2) is 21.1 Å². The maximum Gasteiger partial charge on any atom is 0.223 e. The number of aryl methyl sites for hydroxylation is 3. The fraction of sp³-hybridized carbons (Fsp3) is 0.600. The fourth-order valence-electron chi connectivity index (χ4n) is 4.35. The average Bonchev–Trinajstić information content (AvgIpc) is 3.25. The van der Waals surface area contributed by atoms with E-state index in [-0.39, 0.29) is 11.3 Å². The zero-order valence-corrected chi connectivity index (χ0v) is 15.9. The summed E-state index contributed by atoms with van der Waals surface area (Å²) in [5, 5.41) is 4.01. The van der Waals surface area contributed by atoms with Gasteiger partial charge in [0.1, 0.15) is 17.3 Å². The standard InChI is InChI=1S/C20H27N3O3/c1-14-4-5-17(25-14)11-22-8-6-20(7-9-22)10-19(24)23(13-20)12-18-15(2)21-26-16(18)3/h4-5H,6-13H2,1-3H3. The van der Waals surface area contributed by atoms with E-state index in [4.69, 9.17) is 8.94 Å². The molecule has 0 radical (unpaired) electrons. The number of carbonyl (C=O) groups is 1. The Bertz CT molecular complexity index is 780. The molecule has 0 bridgehead atoms. The lowest BCUT2D eigenvalue weighted by Gasteiger charge is -2.38. The van der Waals surface area contributed by atoms with Crippen LogP contribution in [0.4, 0.5) is 0 Å². The molecule has 2 aliphatic heterocycles. The molecule has 6 heteroatoms. The van der Waals surface area contributed by atoms with Crippen molar-refractivity contribution in [3.05, 3.63) is 40.7 Å². The van der Waals surface area contributed by atoms with Crippen molar-refractivity contribution in [1.29, 1.82) is 0 Å². The predicted octanol–water partition coefficient (Wildman–Crippen LogP) is 3.21. The van der Waals surface area contributed by atoms with Crippen LogP contribution < -0.4 is 0 Å². The molecule has 0 atom stereocenters. The van der Waals surface area contributed by atoms with Crippen LogP contribution in [0.25, 0.3) is 0 Å². The lowest BCUT2D eigenvalue weighted by atomic mass is 9.77. The number of hydrogen-bond donors (Lipinski definition) is 0. The SMILES string of the molecule is Cc1ccc(CN2CCC3(CC2)CC(=O)N(Cc2c(C)noc2C)C3)o1. The monoisotopic (exact) mass is 357 g/mol. The first-order valence-corrected chi connectivity index (χ1v) is 9.41. The Hall–Kier alpha value is -2.08. The molecule has 2 fully saturated rings. The van der Waals surface area contributed by atoms with Gasteiger partial charge in [0.2, 0.25) is 5.91 Å². The van der Waals surface area contributed by atoms with Crippen molar-refractivity contribution >= 4 is 5.91 Å². The lowest BCUT2D eigenvalue weighted by Crippen LogP contribution is -2.41. The van der Waals surface area contributed by atoms with E-state index in [0.29, 0.717) is 13.0 Å². The Morgan fingerprint density at radius 2 is 1.92 bits per heavy atom. The van der Waals surface area contributed by atoms with Crippen molar-refractivity contribution in [1.82, 2.24) is 15.0 Å². The van der Waals surface area contributed by atoms with Crippen LogP contribution in [0.1, 0.15) is 47.8 Å². The second-order valence-corrected chi connectivity index (χ2v) is 8.02. The lowest BCUT2D eigenvalue weighted by molar-refractivity contribution is -0.128. The third kappa shape index (κ3) is 3.30. The van der Waals surface area contributed by atoms with E-state index in [1.807, 2.05) is 31.7 Å². The second kappa shape index (κ2) is 6.58. The molecule has 2 saturated heterocycles. The van der Waals surface area contributed by atoms with Crippen molar-refractivity contribution in [2.24, 2.45) is 5.41 Å². The molecule has 6 nitrogen and oxygen atoms in total. The van der Waals surface area contributed by atoms with Gasteiger partial charge in [0.25, 0.3) is 0 Å². The predicted molar refractivity (Wildman–Crippen MR) is 96.4 cm³/mol. The van der Waals surface area contributed by atoms with Gasteiger partial charge in [0.05, 0.1) is 18.8 Å².